The number of hydrogen-bond donors (Lipinski definition) is 1. The van der Waals surface area contributed by atoms with Crippen LogP contribution in [0.5, 0.6) is 0 Å². The second-order valence-corrected chi connectivity index (χ2v) is 4.17. The van der Waals surface area contributed by atoms with Crippen molar-refractivity contribution in [3.05, 3.63) is 35.2 Å². The van der Waals surface area contributed by atoms with E-state index >= 15 is 0 Å². The van der Waals surface area contributed by atoms with Gasteiger partial charge in [-0.1, -0.05) is 24.0 Å². The van der Waals surface area contributed by atoms with Crippen molar-refractivity contribution in [2.75, 3.05) is 5.73 Å². The first-order chi connectivity index (χ1) is 8.29. The van der Waals surface area contributed by atoms with E-state index < -0.39 is 0 Å². The molecule has 0 saturated heterocycles. The number of anilines is 1. The van der Waals surface area contributed by atoms with Gasteiger partial charge in [0.05, 0.1) is 18.2 Å². The van der Waals surface area contributed by atoms with Gasteiger partial charge in [-0.15, -0.1) is 11.3 Å². The predicted molar refractivity (Wildman–Crippen MR) is 69.1 cm³/mol. The number of rotatable bonds is 1. The van der Waals surface area contributed by atoms with Gasteiger partial charge in [-0.2, -0.15) is 5.26 Å². The van der Waals surface area contributed by atoms with Crippen molar-refractivity contribution in [3.63, 3.8) is 0 Å². The Morgan fingerprint density at radius 1 is 1.29 bits per heavy atom. The first-order valence-corrected chi connectivity index (χ1v) is 5.85. The zero-order chi connectivity index (χ0) is 12.1. The molecule has 0 unspecified atom stereocenters. The number of thiazole rings is 1. The molecule has 0 bridgehead atoms. The van der Waals surface area contributed by atoms with Crippen LogP contribution in [0.3, 0.4) is 0 Å². The minimum absolute atomic E-state index is 0.254. The largest absolute Gasteiger partial charge is 0.375 e. The molecule has 2 rings (SSSR count). The van der Waals surface area contributed by atoms with Crippen LogP contribution < -0.4 is 5.73 Å². The minimum atomic E-state index is 0.254. The van der Waals surface area contributed by atoms with Gasteiger partial charge in [0.1, 0.15) is 0 Å². The highest BCUT2D eigenvalue weighted by Crippen LogP contribution is 2.22. The zero-order valence-corrected chi connectivity index (χ0v) is 9.79. The first kappa shape index (κ1) is 11.2. The first-order valence-electron chi connectivity index (χ1n) is 4.97. The molecule has 4 heteroatoms. The van der Waals surface area contributed by atoms with E-state index in [9.17, 15) is 0 Å². The minimum Gasteiger partial charge on any atom is -0.375 e. The van der Waals surface area contributed by atoms with E-state index in [-0.39, 0.29) is 6.42 Å². The molecular weight excluding hydrogens is 230 g/mol. The molecule has 0 spiro atoms. The summed E-state index contributed by atoms with van der Waals surface area (Å²) in [6.45, 7) is 0. The van der Waals surface area contributed by atoms with Crippen molar-refractivity contribution in [2.24, 2.45) is 0 Å². The Hall–Kier alpha value is -2.30. The standard InChI is InChI=1S/C13H9N3S/c14-8-2-1-3-10-4-6-11(7-5-10)12-9-17-13(15)16-12/h4-7,9H,2H2,(H2,15,16). The zero-order valence-electron chi connectivity index (χ0n) is 8.97. The third-order valence-corrected chi connectivity index (χ3v) is 2.78. The fourth-order valence-corrected chi connectivity index (χ4v) is 1.90. The van der Waals surface area contributed by atoms with Crippen LogP contribution in [-0.2, 0) is 0 Å². The summed E-state index contributed by atoms with van der Waals surface area (Å²) in [5.41, 5.74) is 8.37. The second-order valence-electron chi connectivity index (χ2n) is 3.29. The Bertz CT molecular complexity index is 609. The van der Waals surface area contributed by atoms with E-state index in [4.69, 9.17) is 11.0 Å². The lowest BCUT2D eigenvalue weighted by Crippen LogP contribution is -1.83. The maximum atomic E-state index is 8.37. The number of nitrogens with zero attached hydrogens (tertiary/aromatic N) is 2. The SMILES string of the molecule is N#CCC#Cc1ccc(-c2csc(N)n2)cc1. The molecular formula is C13H9N3S. The third-order valence-electron chi connectivity index (χ3n) is 2.10. The van der Waals surface area contributed by atoms with Crippen molar-refractivity contribution in [1.82, 2.24) is 4.98 Å². The highest BCUT2D eigenvalue weighted by molar-refractivity contribution is 7.13. The smallest absolute Gasteiger partial charge is 0.180 e. The lowest BCUT2D eigenvalue weighted by molar-refractivity contribution is 1.39. The molecule has 0 aliphatic heterocycles. The lowest BCUT2D eigenvalue weighted by atomic mass is 10.1. The molecule has 0 atom stereocenters. The number of nitrogen functional groups attached to an aromatic ring is 1. The van der Waals surface area contributed by atoms with Crippen LogP contribution >= 0.6 is 11.3 Å². The maximum Gasteiger partial charge on any atom is 0.180 e. The van der Waals surface area contributed by atoms with E-state index in [1.54, 1.807) is 0 Å². The molecule has 3 nitrogen and oxygen atoms in total. The van der Waals surface area contributed by atoms with Crippen molar-refractivity contribution < 1.29 is 0 Å². The number of nitriles is 1. The Morgan fingerprint density at radius 2 is 2.06 bits per heavy atom. The average Bonchev–Trinajstić information content (AvgIpc) is 2.77. The summed E-state index contributed by atoms with van der Waals surface area (Å²) in [5.74, 6) is 5.68. The molecule has 0 radical (unpaired) electrons. The summed E-state index contributed by atoms with van der Waals surface area (Å²) in [7, 11) is 0. The van der Waals surface area contributed by atoms with E-state index in [1.807, 2.05) is 35.7 Å². The van der Waals surface area contributed by atoms with E-state index in [0.717, 1.165) is 16.8 Å². The van der Waals surface area contributed by atoms with Gasteiger partial charge in [0.2, 0.25) is 0 Å². The summed E-state index contributed by atoms with van der Waals surface area (Å²) in [4.78, 5) is 4.20. The molecule has 2 N–H and O–H groups in total. The summed E-state index contributed by atoms with van der Waals surface area (Å²) < 4.78 is 0. The van der Waals surface area contributed by atoms with Gasteiger partial charge in [0, 0.05) is 16.5 Å². The average molecular weight is 239 g/mol. The van der Waals surface area contributed by atoms with Gasteiger partial charge in [-0.25, -0.2) is 4.98 Å². The molecule has 0 saturated carbocycles. The van der Waals surface area contributed by atoms with Crippen LogP contribution in [0.15, 0.2) is 29.6 Å². The van der Waals surface area contributed by atoms with Crippen LogP contribution in [0.2, 0.25) is 0 Å². The molecule has 1 heterocycles. The monoisotopic (exact) mass is 239 g/mol. The molecule has 0 aliphatic rings. The number of benzene rings is 1. The molecule has 17 heavy (non-hydrogen) atoms. The molecule has 0 amide bonds. The van der Waals surface area contributed by atoms with Crippen LogP contribution in [0.25, 0.3) is 11.3 Å². The lowest BCUT2D eigenvalue weighted by Gasteiger charge is -1.96. The van der Waals surface area contributed by atoms with Gasteiger partial charge in [0.15, 0.2) is 5.13 Å². The van der Waals surface area contributed by atoms with Crippen molar-refractivity contribution >= 4 is 16.5 Å². The van der Waals surface area contributed by atoms with Crippen molar-refractivity contribution in [1.29, 1.82) is 5.26 Å². The highest BCUT2D eigenvalue weighted by Gasteiger charge is 2.01. The van der Waals surface area contributed by atoms with Crippen molar-refractivity contribution in [2.45, 2.75) is 6.42 Å². The summed E-state index contributed by atoms with van der Waals surface area (Å²) >= 11 is 1.42. The van der Waals surface area contributed by atoms with E-state index in [0.29, 0.717) is 5.13 Å². The van der Waals surface area contributed by atoms with Crippen LogP contribution in [0.1, 0.15) is 12.0 Å². The molecule has 1 aromatic carbocycles. The van der Waals surface area contributed by atoms with Crippen LogP contribution in [0.4, 0.5) is 5.13 Å². The number of nitrogens with two attached hydrogens (primary N) is 1. The van der Waals surface area contributed by atoms with Gasteiger partial charge in [-0.05, 0) is 12.1 Å². The molecule has 0 fully saturated rings. The number of hydrogen-bond acceptors (Lipinski definition) is 4. The summed E-state index contributed by atoms with van der Waals surface area (Å²) in [6.07, 6.45) is 0.254. The maximum absolute atomic E-state index is 8.37. The Kier molecular flexibility index (Phi) is 3.40. The quantitative estimate of drug-likeness (QED) is 0.778. The van der Waals surface area contributed by atoms with Gasteiger partial charge in [0.25, 0.3) is 0 Å². The Labute approximate surface area is 104 Å². The molecule has 0 aliphatic carbocycles. The fraction of sp³-hybridized carbons (Fsp3) is 0.0769. The normalized spacial score (nSPS) is 9.12. The van der Waals surface area contributed by atoms with E-state index in [1.165, 1.54) is 11.3 Å². The number of aromatic nitrogens is 1. The van der Waals surface area contributed by atoms with Crippen LogP contribution in [0, 0.1) is 23.2 Å². The Balaban J connectivity index is 2.20. The van der Waals surface area contributed by atoms with Gasteiger partial charge in [-0.3, -0.25) is 0 Å². The Morgan fingerprint density at radius 3 is 2.65 bits per heavy atom. The van der Waals surface area contributed by atoms with Gasteiger partial charge >= 0.3 is 0 Å². The summed E-state index contributed by atoms with van der Waals surface area (Å²) in [5, 5.41) is 10.9. The third kappa shape index (κ3) is 2.84. The molecule has 1 aromatic heterocycles. The highest BCUT2D eigenvalue weighted by atomic mass is 32.1. The molecule has 2 aromatic rings. The fourth-order valence-electron chi connectivity index (χ4n) is 1.33. The second kappa shape index (κ2) is 5.16. The predicted octanol–water partition coefficient (Wildman–Crippen LogP) is 2.66. The summed E-state index contributed by atoms with van der Waals surface area (Å²) in [6, 6.07) is 9.70. The van der Waals surface area contributed by atoms with E-state index in [2.05, 4.69) is 16.8 Å². The van der Waals surface area contributed by atoms with Crippen molar-refractivity contribution in [3.8, 4) is 29.2 Å². The van der Waals surface area contributed by atoms with Crippen LogP contribution in [-0.4, -0.2) is 4.98 Å². The molecule has 82 valence electrons. The topological polar surface area (TPSA) is 62.7 Å². The van der Waals surface area contributed by atoms with Gasteiger partial charge < -0.3 is 5.73 Å².